The van der Waals surface area contributed by atoms with Gasteiger partial charge in [0.1, 0.15) is 0 Å². The Bertz CT molecular complexity index is 489. The highest BCUT2D eigenvalue weighted by molar-refractivity contribution is 5.97. The van der Waals surface area contributed by atoms with Gasteiger partial charge in [0, 0.05) is 19.0 Å². The van der Waals surface area contributed by atoms with Crippen molar-refractivity contribution in [2.75, 3.05) is 20.2 Å². The van der Waals surface area contributed by atoms with E-state index < -0.39 is 0 Å². The Morgan fingerprint density at radius 1 is 1.50 bits per heavy atom. The summed E-state index contributed by atoms with van der Waals surface area (Å²) in [5.74, 6) is 0.0475. The first-order valence-corrected chi connectivity index (χ1v) is 6.91. The van der Waals surface area contributed by atoms with E-state index in [1.165, 1.54) is 7.11 Å². The van der Waals surface area contributed by atoms with Gasteiger partial charge in [0.15, 0.2) is 11.5 Å². The van der Waals surface area contributed by atoms with E-state index in [0.29, 0.717) is 25.3 Å². The number of methoxy groups -OCH3 is 1. The lowest BCUT2D eigenvalue weighted by Crippen LogP contribution is -2.45. The predicted molar refractivity (Wildman–Crippen MR) is 75.0 cm³/mol. The van der Waals surface area contributed by atoms with Crippen LogP contribution >= 0.6 is 0 Å². The maximum atomic E-state index is 12.5. The van der Waals surface area contributed by atoms with E-state index in [0.717, 1.165) is 6.42 Å². The largest absolute Gasteiger partial charge is 0.504 e. The number of piperidine rings is 1. The molecule has 1 fully saturated rings. The smallest absolute Gasteiger partial charge is 0.257 e. The monoisotopic (exact) mass is 279 g/mol. The number of hydrogen-bond donors (Lipinski definition) is 2. The van der Waals surface area contributed by atoms with Gasteiger partial charge in [-0.05, 0) is 25.0 Å². The molecule has 1 aliphatic rings. The number of phenolic OH excluding ortho intramolecular Hbond substituents is 1. The summed E-state index contributed by atoms with van der Waals surface area (Å²) in [4.78, 5) is 14.2. The number of ether oxygens (including phenoxy) is 1. The molecule has 5 heteroatoms. The van der Waals surface area contributed by atoms with Crippen LogP contribution in [0.3, 0.4) is 0 Å². The minimum absolute atomic E-state index is 0.0976. The van der Waals surface area contributed by atoms with Crippen molar-refractivity contribution in [3.05, 3.63) is 23.8 Å². The second kappa shape index (κ2) is 6.13. The van der Waals surface area contributed by atoms with Crippen LogP contribution in [0, 0.1) is 5.92 Å². The normalized spacial score (nSPS) is 22.6. The fourth-order valence-corrected chi connectivity index (χ4v) is 2.64. The number of phenols is 1. The van der Waals surface area contributed by atoms with Crippen molar-refractivity contribution in [2.45, 2.75) is 25.9 Å². The van der Waals surface area contributed by atoms with Crippen LogP contribution in [0.4, 0.5) is 0 Å². The van der Waals surface area contributed by atoms with Gasteiger partial charge >= 0.3 is 0 Å². The summed E-state index contributed by atoms with van der Waals surface area (Å²) in [6.07, 6.45) is 1.06. The van der Waals surface area contributed by atoms with E-state index in [-0.39, 0.29) is 29.2 Å². The van der Waals surface area contributed by atoms with Crippen LogP contribution in [0.2, 0.25) is 0 Å². The Labute approximate surface area is 118 Å². The predicted octanol–water partition coefficient (Wildman–Crippen LogP) is 1.63. The fourth-order valence-electron chi connectivity index (χ4n) is 2.64. The molecule has 1 aliphatic heterocycles. The molecule has 5 nitrogen and oxygen atoms in total. The first-order chi connectivity index (χ1) is 9.58. The molecule has 0 radical (unpaired) electrons. The summed E-state index contributed by atoms with van der Waals surface area (Å²) in [5, 5.41) is 19.9. The van der Waals surface area contributed by atoms with Crippen LogP contribution in [0.25, 0.3) is 0 Å². The molecule has 0 aliphatic carbocycles. The quantitative estimate of drug-likeness (QED) is 0.882. The molecule has 2 atom stereocenters. The zero-order valence-electron chi connectivity index (χ0n) is 11.9. The number of aromatic hydroxyl groups is 1. The summed E-state index contributed by atoms with van der Waals surface area (Å²) in [6, 6.07) is 4.88. The molecule has 2 N–H and O–H groups in total. The molecule has 2 unspecified atom stereocenters. The van der Waals surface area contributed by atoms with Crippen molar-refractivity contribution >= 4 is 5.91 Å². The maximum Gasteiger partial charge on any atom is 0.257 e. The SMILES string of the molecule is CCC1CN(C(=O)c2cccc(OC)c2O)CCC1O. The maximum absolute atomic E-state index is 12.5. The van der Waals surface area contributed by atoms with E-state index in [2.05, 4.69) is 0 Å². The molecular formula is C15H21NO4. The van der Waals surface area contributed by atoms with Crippen molar-refractivity contribution in [2.24, 2.45) is 5.92 Å². The van der Waals surface area contributed by atoms with Gasteiger partial charge in [-0.25, -0.2) is 0 Å². The highest BCUT2D eigenvalue weighted by Gasteiger charge is 2.30. The molecule has 1 aromatic rings. The highest BCUT2D eigenvalue weighted by Crippen LogP contribution is 2.31. The number of carbonyl (C=O) groups excluding carboxylic acids is 1. The number of likely N-dealkylation sites (tertiary alicyclic amines) is 1. The van der Waals surface area contributed by atoms with Crippen molar-refractivity contribution in [1.82, 2.24) is 4.90 Å². The molecule has 1 heterocycles. The fraction of sp³-hybridized carbons (Fsp3) is 0.533. The van der Waals surface area contributed by atoms with Crippen LogP contribution in [0.1, 0.15) is 30.1 Å². The van der Waals surface area contributed by atoms with Crippen molar-refractivity contribution in [3.63, 3.8) is 0 Å². The van der Waals surface area contributed by atoms with E-state index in [1.807, 2.05) is 6.92 Å². The van der Waals surface area contributed by atoms with Gasteiger partial charge in [-0.2, -0.15) is 0 Å². The third-order valence-corrected chi connectivity index (χ3v) is 3.95. The molecule has 0 saturated carbocycles. The molecule has 0 aromatic heterocycles. The Kier molecular flexibility index (Phi) is 4.49. The summed E-state index contributed by atoms with van der Waals surface area (Å²) >= 11 is 0. The number of hydrogen-bond acceptors (Lipinski definition) is 4. The summed E-state index contributed by atoms with van der Waals surface area (Å²) in [5.41, 5.74) is 0.246. The van der Waals surface area contributed by atoms with Gasteiger partial charge in [0.2, 0.25) is 0 Å². The highest BCUT2D eigenvalue weighted by atomic mass is 16.5. The van der Waals surface area contributed by atoms with Crippen LogP contribution < -0.4 is 4.74 Å². The summed E-state index contributed by atoms with van der Waals surface area (Å²) in [7, 11) is 1.45. The molecule has 1 amide bonds. The lowest BCUT2D eigenvalue weighted by molar-refractivity contribution is 0.0227. The van der Waals surface area contributed by atoms with Crippen molar-refractivity contribution in [3.8, 4) is 11.5 Å². The van der Waals surface area contributed by atoms with E-state index in [9.17, 15) is 15.0 Å². The third kappa shape index (κ3) is 2.72. The van der Waals surface area contributed by atoms with E-state index in [4.69, 9.17) is 4.74 Å². The van der Waals surface area contributed by atoms with Crippen LogP contribution in [-0.4, -0.2) is 47.3 Å². The third-order valence-electron chi connectivity index (χ3n) is 3.95. The first kappa shape index (κ1) is 14.7. The first-order valence-electron chi connectivity index (χ1n) is 6.91. The van der Waals surface area contributed by atoms with E-state index >= 15 is 0 Å². The second-order valence-corrected chi connectivity index (χ2v) is 5.13. The molecule has 110 valence electrons. The van der Waals surface area contributed by atoms with Gasteiger partial charge in [0.05, 0.1) is 18.8 Å². The van der Waals surface area contributed by atoms with Crippen molar-refractivity contribution < 1.29 is 19.7 Å². The lowest BCUT2D eigenvalue weighted by atomic mass is 9.92. The minimum atomic E-state index is -0.344. The number of aliphatic hydroxyl groups excluding tert-OH is 1. The van der Waals surface area contributed by atoms with Crippen LogP contribution in [0.15, 0.2) is 18.2 Å². The number of amides is 1. The number of carbonyl (C=O) groups is 1. The standard InChI is InChI=1S/C15H21NO4/c1-3-10-9-16(8-7-12(10)17)15(19)11-5-4-6-13(20-2)14(11)18/h4-6,10,12,17-18H,3,7-9H2,1-2H3. The number of aliphatic hydroxyl groups is 1. The average Bonchev–Trinajstić information content (AvgIpc) is 2.47. The number of rotatable bonds is 3. The Morgan fingerprint density at radius 2 is 2.25 bits per heavy atom. The van der Waals surface area contributed by atoms with Gasteiger partial charge in [-0.1, -0.05) is 13.0 Å². The number of benzene rings is 1. The summed E-state index contributed by atoms with van der Waals surface area (Å²) in [6.45, 7) is 3.03. The molecular weight excluding hydrogens is 258 g/mol. The average molecular weight is 279 g/mol. The lowest BCUT2D eigenvalue weighted by Gasteiger charge is -2.36. The molecule has 2 rings (SSSR count). The van der Waals surface area contributed by atoms with Gasteiger partial charge in [0.25, 0.3) is 5.91 Å². The number of nitrogens with zero attached hydrogens (tertiary/aromatic N) is 1. The Balaban J connectivity index is 2.19. The van der Waals surface area contributed by atoms with Gasteiger partial charge < -0.3 is 19.8 Å². The topological polar surface area (TPSA) is 70.0 Å². The van der Waals surface area contributed by atoms with Crippen LogP contribution in [-0.2, 0) is 0 Å². The molecule has 0 bridgehead atoms. The molecule has 1 saturated heterocycles. The van der Waals surface area contributed by atoms with Gasteiger partial charge in [-0.15, -0.1) is 0 Å². The molecule has 20 heavy (non-hydrogen) atoms. The molecule has 0 spiro atoms. The zero-order chi connectivity index (χ0) is 14.7. The van der Waals surface area contributed by atoms with E-state index in [1.54, 1.807) is 23.1 Å². The van der Waals surface area contributed by atoms with Crippen LogP contribution in [0.5, 0.6) is 11.5 Å². The second-order valence-electron chi connectivity index (χ2n) is 5.13. The Hall–Kier alpha value is -1.75. The van der Waals surface area contributed by atoms with Crippen molar-refractivity contribution in [1.29, 1.82) is 0 Å². The Morgan fingerprint density at radius 3 is 2.90 bits per heavy atom. The van der Waals surface area contributed by atoms with Gasteiger partial charge in [-0.3, -0.25) is 4.79 Å². The number of para-hydroxylation sites is 1. The summed E-state index contributed by atoms with van der Waals surface area (Å²) < 4.78 is 5.02. The zero-order valence-corrected chi connectivity index (χ0v) is 11.9. The molecule has 1 aromatic carbocycles. The minimum Gasteiger partial charge on any atom is -0.504 e.